The maximum absolute atomic E-state index is 13.5. The van der Waals surface area contributed by atoms with Crippen molar-refractivity contribution in [3.05, 3.63) is 35.4 Å². The van der Waals surface area contributed by atoms with Crippen LogP contribution in [0.2, 0.25) is 0 Å². The lowest BCUT2D eigenvalue weighted by atomic mass is 9.99. The maximum Gasteiger partial charge on any atom is 0.162 e. The van der Waals surface area contributed by atoms with Crippen LogP contribution in [-0.2, 0) is 6.42 Å². The molecule has 1 nitrogen and oxygen atoms in total. The second kappa shape index (κ2) is 4.02. The minimum atomic E-state index is -0.853. The standard InChI is InChI=1S/C15H20F2O/c1-14(2)13(15(14,3)4)11(18)8-9-6-5-7-10(16)12(9)17/h5-7,11,13,18H,8H2,1-4H3. The van der Waals surface area contributed by atoms with Crippen LogP contribution in [0.1, 0.15) is 33.3 Å². The van der Waals surface area contributed by atoms with Crippen molar-refractivity contribution in [3.8, 4) is 0 Å². The lowest BCUT2D eigenvalue weighted by Gasteiger charge is -2.13. The van der Waals surface area contributed by atoms with Crippen molar-refractivity contribution in [2.75, 3.05) is 0 Å². The Kier molecular flexibility index (Phi) is 3.01. The lowest BCUT2D eigenvalue weighted by Crippen LogP contribution is -2.18. The number of hydrogen-bond donors (Lipinski definition) is 1. The number of benzene rings is 1. The zero-order valence-corrected chi connectivity index (χ0v) is 11.3. The van der Waals surface area contributed by atoms with Gasteiger partial charge in [-0.2, -0.15) is 0 Å². The Morgan fingerprint density at radius 2 is 1.72 bits per heavy atom. The minimum absolute atomic E-state index is 0.0379. The molecule has 1 saturated carbocycles. The fourth-order valence-corrected chi connectivity index (χ4v) is 3.26. The molecule has 0 radical (unpaired) electrons. The van der Waals surface area contributed by atoms with Crippen LogP contribution >= 0.6 is 0 Å². The van der Waals surface area contributed by atoms with Gasteiger partial charge in [-0.25, -0.2) is 8.78 Å². The van der Waals surface area contributed by atoms with Gasteiger partial charge in [-0.15, -0.1) is 0 Å². The third-order valence-electron chi connectivity index (χ3n) is 4.98. The average Bonchev–Trinajstić information content (AvgIpc) is 2.65. The number of aliphatic hydroxyl groups is 1. The van der Waals surface area contributed by atoms with Crippen molar-refractivity contribution in [2.45, 2.75) is 40.2 Å². The molecule has 1 N–H and O–H groups in total. The molecule has 1 fully saturated rings. The number of rotatable bonds is 3. The molecule has 0 saturated heterocycles. The van der Waals surface area contributed by atoms with Crippen molar-refractivity contribution in [3.63, 3.8) is 0 Å². The highest BCUT2D eigenvalue weighted by Crippen LogP contribution is 2.69. The third kappa shape index (κ3) is 1.85. The largest absolute Gasteiger partial charge is 0.392 e. The summed E-state index contributed by atoms with van der Waals surface area (Å²) in [6.45, 7) is 8.40. The molecule has 1 aromatic carbocycles. The quantitative estimate of drug-likeness (QED) is 0.874. The Morgan fingerprint density at radius 3 is 2.22 bits per heavy atom. The van der Waals surface area contributed by atoms with E-state index in [1.165, 1.54) is 12.1 Å². The van der Waals surface area contributed by atoms with Crippen LogP contribution in [0.5, 0.6) is 0 Å². The van der Waals surface area contributed by atoms with E-state index >= 15 is 0 Å². The van der Waals surface area contributed by atoms with Gasteiger partial charge in [-0.3, -0.25) is 0 Å². The summed E-state index contributed by atoms with van der Waals surface area (Å²) in [5, 5.41) is 10.2. The molecule has 0 spiro atoms. The van der Waals surface area contributed by atoms with Gasteiger partial charge in [-0.1, -0.05) is 39.8 Å². The average molecular weight is 254 g/mol. The molecule has 1 aliphatic rings. The van der Waals surface area contributed by atoms with E-state index in [0.29, 0.717) is 0 Å². The summed E-state index contributed by atoms with van der Waals surface area (Å²) in [6, 6.07) is 4.10. The fraction of sp³-hybridized carbons (Fsp3) is 0.600. The van der Waals surface area contributed by atoms with E-state index in [0.717, 1.165) is 6.07 Å². The number of hydrogen-bond acceptors (Lipinski definition) is 1. The molecule has 1 aliphatic carbocycles. The van der Waals surface area contributed by atoms with Gasteiger partial charge >= 0.3 is 0 Å². The van der Waals surface area contributed by atoms with Crippen molar-refractivity contribution in [2.24, 2.45) is 16.7 Å². The van der Waals surface area contributed by atoms with Crippen molar-refractivity contribution < 1.29 is 13.9 Å². The molecule has 0 amide bonds. The van der Waals surface area contributed by atoms with Crippen molar-refractivity contribution >= 4 is 0 Å². The minimum Gasteiger partial charge on any atom is -0.392 e. The summed E-state index contributed by atoms with van der Waals surface area (Å²) in [7, 11) is 0. The Morgan fingerprint density at radius 1 is 1.17 bits per heavy atom. The van der Waals surface area contributed by atoms with E-state index in [-0.39, 0.29) is 28.7 Å². The van der Waals surface area contributed by atoms with Gasteiger partial charge in [0.15, 0.2) is 11.6 Å². The Labute approximate surface area is 107 Å². The van der Waals surface area contributed by atoms with Crippen LogP contribution in [0.15, 0.2) is 18.2 Å². The first-order chi connectivity index (χ1) is 8.19. The van der Waals surface area contributed by atoms with E-state index in [9.17, 15) is 13.9 Å². The summed E-state index contributed by atoms with van der Waals surface area (Å²) in [5.41, 5.74) is 0.327. The van der Waals surface area contributed by atoms with Crippen LogP contribution in [-0.4, -0.2) is 11.2 Å². The van der Waals surface area contributed by atoms with E-state index in [1.807, 2.05) is 0 Å². The highest BCUT2D eigenvalue weighted by atomic mass is 19.2. The van der Waals surface area contributed by atoms with Crippen molar-refractivity contribution in [1.82, 2.24) is 0 Å². The monoisotopic (exact) mass is 254 g/mol. The fourth-order valence-electron chi connectivity index (χ4n) is 3.26. The van der Waals surface area contributed by atoms with Gasteiger partial charge in [0.1, 0.15) is 0 Å². The Balaban J connectivity index is 2.14. The van der Waals surface area contributed by atoms with E-state index < -0.39 is 17.7 Å². The van der Waals surface area contributed by atoms with Crippen molar-refractivity contribution in [1.29, 1.82) is 0 Å². The van der Waals surface area contributed by atoms with E-state index in [1.54, 1.807) is 0 Å². The van der Waals surface area contributed by atoms with Crippen LogP contribution < -0.4 is 0 Å². The predicted molar refractivity (Wildman–Crippen MR) is 67.1 cm³/mol. The van der Waals surface area contributed by atoms with Gasteiger partial charge < -0.3 is 5.11 Å². The first-order valence-corrected chi connectivity index (χ1v) is 6.30. The topological polar surface area (TPSA) is 20.2 Å². The molecular formula is C15H20F2O. The Bertz CT molecular complexity index is 452. The van der Waals surface area contributed by atoms with Crippen LogP contribution in [0.4, 0.5) is 8.78 Å². The SMILES string of the molecule is CC1(C)C(C(O)Cc2cccc(F)c2F)C1(C)C. The molecule has 0 aliphatic heterocycles. The molecule has 1 unspecified atom stereocenters. The zero-order chi connectivity index (χ0) is 13.7. The summed E-state index contributed by atoms with van der Waals surface area (Å²) < 4.78 is 26.6. The highest BCUT2D eigenvalue weighted by molar-refractivity contribution is 5.22. The summed E-state index contributed by atoms with van der Waals surface area (Å²) in [5.74, 6) is -1.57. The highest BCUT2D eigenvalue weighted by Gasteiger charge is 2.66. The number of halogens is 2. The second-order valence-corrected chi connectivity index (χ2v) is 6.41. The van der Waals surface area contributed by atoms with Gasteiger partial charge in [0.25, 0.3) is 0 Å². The molecule has 3 heteroatoms. The zero-order valence-electron chi connectivity index (χ0n) is 11.3. The van der Waals surface area contributed by atoms with E-state index in [4.69, 9.17) is 0 Å². The Hall–Kier alpha value is -0.960. The molecule has 0 bridgehead atoms. The molecule has 1 aromatic rings. The van der Waals surface area contributed by atoms with Gasteiger partial charge in [0.2, 0.25) is 0 Å². The lowest BCUT2D eigenvalue weighted by molar-refractivity contribution is 0.128. The van der Waals surface area contributed by atoms with Gasteiger partial charge in [0, 0.05) is 6.42 Å². The maximum atomic E-state index is 13.5. The normalized spacial score (nSPS) is 22.8. The molecule has 1 atom stereocenters. The van der Waals surface area contributed by atoms with Crippen LogP contribution in [0.25, 0.3) is 0 Å². The van der Waals surface area contributed by atoms with Crippen LogP contribution in [0.3, 0.4) is 0 Å². The second-order valence-electron chi connectivity index (χ2n) is 6.41. The van der Waals surface area contributed by atoms with Gasteiger partial charge in [-0.05, 0) is 28.4 Å². The third-order valence-corrected chi connectivity index (χ3v) is 4.98. The molecule has 100 valence electrons. The van der Waals surface area contributed by atoms with E-state index in [2.05, 4.69) is 27.7 Å². The molecule has 2 rings (SSSR count). The smallest absolute Gasteiger partial charge is 0.162 e. The molecular weight excluding hydrogens is 234 g/mol. The van der Waals surface area contributed by atoms with Crippen LogP contribution in [0, 0.1) is 28.4 Å². The molecule has 18 heavy (non-hydrogen) atoms. The predicted octanol–water partition coefficient (Wildman–Crippen LogP) is 3.55. The number of aliphatic hydroxyl groups excluding tert-OH is 1. The first kappa shape index (κ1) is 13.5. The summed E-state index contributed by atoms with van der Waals surface area (Å²) in [4.78, 5) is 0. The summed E-state index contributed by atoms with van der Waals surface area (Å²) in [6.07, 6.45) is -0.465. The first-order valence-electron chi connectivity index (χ1n) is 6.30. The summed E-state index contributed by atoms with van der Waals surface area (Å²) >= 11 is 0. The van der Waals surface area contributed by atoms with Gasteiger partial charge in [0.05, 0.1) is 6.10 Å². The molecule has 0 aromatic heterocycles. The molecule has 0 heterocycles.